The highest BCUT2D eigenvalue weighted by molar-refractivity contribution is 6.07. The lowest BCUT2D eigenvalue weighted by molar-refractivity contribution is 0.102. The largest absolute Gasteiger partial charge is 0.367 e. The van der Waals surface area contributed by atoms with Crippen molar-refractivity contribution >= 4 is 17.4 Å². The van der Waals surface area contributed by atoms with E-state index >= 15 is 0 Å². The minimum atomic E-state index is -0.123. The van der Waals surface area contributed by atoms with E-state index in [-0.39, 0.29) is 5.91 Å². The molecule has 1 fully saturated rings. The first-order valence-corrected chi connectivity index (χ1v) is 8.32. The van der Waals surface area contributed by atoms with Crippen molar-refractivity contribution in [1.29, 1.82) is 0 Å². The number of carbonyl (C=O) groups excluding carboxylic acids is 1. The number of hydrogen-bond donors (Lipinski definition) is 2. The highest BCUT2D eigenvalue weighted by atomic mass is 16.1. The number of nitrogens with one attached hydrogen (secondary N) is 2. The smallest absolute Gasteiger partial charge is 0.259 e. The zero-order valence-electron chi connectivity index (χ0n) is 13.5. The van der Waals surface area contributed by atoms with E-state index in [1.54, 1.807) is 12.3 Å². The van der Waals surface area contributed by atoms with Crippen LogP contribution in [0.4, 0.5) is 11.5 Å². The van der Waals surface area contributed by atoms with Gasteiger partial charge in [0, 0.05) is 17.9 Å². The summed E-state index contributed by atoms with van der Waals surface area (Å²) in [5, 5.41) is 6.41. The second kappa shape index (κ2) is 7.27. The van der Waals surface area contributed by atoms with Crippen molar-refractivity contribution in [2.45, 2.75) is 45.1 Å². The van der Waals surface area contributed by atoms with Crippen LogP contribution in [-0.4, -0.2) is 16.9 Å². The highest BCUT2D eigenvalue weighted by Crippen LogP contribution is 2.23. The summed E-state index contributed by atoms with van der Waals surface area (Å²) in [6, 6.07) is 11.9. The van der Waals surface area contributed by atoms with Gasteiger partial charge >= 0.3 is 0 Å². The first kappa shape index (κ1) is 15.5. The van der Waals surface area contributed by atoms with Crippen LogP contribution in [0.2, 0.25) is 0 Å². The van der Waals surface area contributed by atoms with Crippen LogP contribution in [0.1, 0.15) is 48.0 Å². The van der Waals surface area contributed by atoms with Crippen LogP contribution in [0.15, 0.2) is 42.6 Å². The fourth-order valence-corrected chi connectivity index (χ4v) is 3.07. The topological polar surface area (TPSA) is 54.0 Å². The number of aryl methyl sites for hydroxylation is 1. The molecule has 4 heteroatoms. The Labute approximate surface area is 137 Å². The molecule has 1 saturated carbocycles. The van der Waals surface area contributed by atoms with Crippen molar-refractivity contribution in [2.24, 2.45) is 0 Å². The van der Waals surface area contributed by atoms with Gasteiger partial charge in [-0.25, -0.2) is 4.98 Å². The number of rotatable bonds is 4. The van der Waals surface area contributed by atoms with Crippen LogP contribution in [0.25, 0.3) is 0 Å². The molecule has 1 aliphatic rings. The summed E-state index contributed by atoms with van der Waals surface area (Å²) in [5.41, 5.74) is 2.52. The van der Waals surface area contributed by atoms with Gasteiger partial charge in [-0.2, -0.15) is 0 Å². The number of carbonyl (C=O) groups is 1. The van der Waals surface area contributed by atoms with E-state index in [0.29, 0.717) is 17.4 Å². The number of amides is 1. The minimum Gasteiger partial charge on any atom is -0.367 e. The first-order valence-electron chi connectivity index (χ1n) is 8.32. The van der Waals surface area contributed by atoms with Gasteiger partial charge in [-0.1, -0.05) is 31.4 Å². The fourth-order valence-electron chi connectivity index (χ4n) is 3.07. The van der Waals surface area contributed by atoms with Crippen molar-refractivity contribution < 1.29 is 4.79 Å². The molecule has 1 aromatic carbocycles. The molecular formula is C19H23N3O. The van der Waals surface area contributed by atoms with Gasteiger partial charge < -0.3 is 10.6 Å². The summed E-state index contributed by atoms with van der Waals surface area (Å²) in [6.45, 7) is 2.01. The molecule has 3 rings (SSSR count). The van der Waals surface area contributed by atoms with Crippen LogP contribution < -0.4 is 10.6 Å². The summed E-state index contributed by atoms with van der Waals surface area (Å²) in [4.78, 5) is 17.0. The Morgan fingerprint density at radius 2 is 1.96 bits per heavy atom. The molecule has 1 amide bonds. The number of hydrogen-bond acceptors (Lipinski definition) is 3. The highest BCUT2D eigenvalue weighted by Gasteiger charge is 2.18. The maximum absolute atomic E-state index is 12.6. The molecule has 0 unspecified atom stereocenters. The van der Waals surface area contributed by atoms with Crippen molar-refractivity contribution in [3.8, 4) is 0 Å². The third kappa shape index (κ3) is 4.09. The molecule has 1 aromatic heterocycles. The normalized spacial score (nSPS) is 15.2. The molecular weight excluding hydrogens is 286 g/mol. The number of benzene rings is 1. The zero-order chi connectivity index (χ0) is 16.1. The Morgan fingerprint density at radius 3 is 2.74 bits per heavy atom. The van der Waals surface area contributed by atoms with Crippen LogP contribution in [0.5, 0.6) is 0 Å². The van der Waals surface area contributed by atoms with E-state index in [4.69, 9.17) is 0 Å². The lowest BCUT2D eigenvalue weighted by Crippen LogP contribution is -2.25. The molecule has 2 N–H and O–H groups in total. The van der Waals surface area contributed by atoms with Crippen LogP contribution in [-0.2, 0) is 0 Å². The average Bonchev–Trinajstić information content (AvgIpc) is 2.56. The van der Waals surface area contributed by atoms with Gasteiger partial charge in [-0.05, 0) is 49.6 Å². The van der Waals surface area contributed by atoms with Gasteiger partial charge in [0.15, 0.2) is 0 Å². The minimum absolute atomic E-state index is 0.123. The van der Waals surface area contributed by atoms with Gasteiger partial charge in [-0.3, -0.25) is 4.79 Å². The van der Waals surface area contributed by atoms with E-state index in [9.17, 15) is 4.79 Å². The van der Waals surface area contributed by atoms with Crippen molar-refractivity contribution in [2.75, 3.05) is 10.6 Å². The van der Waals surface area contributed by atoms with Crippen molar-refractivity contribution in [3.63, 3.8) is 0 Å². The van der Waals surface area contributed by atoms with Crippen molar-refractivity contribution in [1.82, 2.24) is 4.98 Å². The first-order chi connectivity index (χ1) is 11.2. The predicted molar refractivity (Wildman–Crippen MR) is 93.9 cm³/mol. The standard InChI is InChI=1S/C19H23N3O/c1-14-7-5-10-16(13-14)22-19(23)17-11-6-12-20-18(17)21-15-8-3-2-4-9-15/h5-7,10-13,15H,2-4,8-9H2,1H3,(H,20,21)(H,22,23). The maximum atomic E-state index is 12.6. The Kier molecular flexibility index (Phi) is 4.91. The van der Waals surface area contributed by atoms with Gasteiger partial charge in [-0.15, -0.1) is 0 Å². The van der Waals surface area contributed by atoms with E-state index < -0.39 is 0 Å². The Bertz CT molecular complexity index is 678. The van der Waals surface area contributed by atoms with E-state index in [1.165, 1.54) is 19.3 Å². The molecule has 2 aromatic rings. The molecule has 0 bridgehead atoms. The second-order valence-electron chi connectivity index (χ2n) is 6.20. The number of nitrogens with zero attached hydrogens (tertiary/aromatic N) is 1. The van der Waals surface area contributed by atoms with Crippen molar-refractivity contribution in [3.05, 3.63) is 53.7 Å². The molecule has 0 saturated heterocycles. The SMILES string of the molecule is Cc1cccc(NC(=O)c2cccnc2NC2CCCCC2)c1. The predicted octanol–water partition coefficient (Wildman–Crippen LogP) is 4.39. The zero-order valence-corrected chi connectivity index (χ0v) is 13.5. The van der Waals surface area contributed by atoms with Gasteiger partial charge in [0.05, 0.1) is 5.56 Å². The molecule has 0 aliphatic heterocycles. The van der Waals surface area contributed by atoms with Crippen LogP contribution in [0, 0.1) is 6.92 Å². The molecule has 120 valence electrons. The van der Waals surface area contributed by atoms with E-state index in [0.717, 1.165) is 24.1 Å². The third-order valence-corrected chi connectivity index (χ3v) is 4.27. The average molecular weight is 309 g/mol. The maximum Gasteiger partial charge on any atom is 0.259 e. The molecule has 0 radical (unpaired) electrons. The monoisotopic (exact) mass is 309 g/mol. The van der Waals surface area contributed by atoms with Gasteiger partial charge in [0.1, 0.15) is 5.82 Å². The lowest BCUT2D eigenvalue weighted by Gasteiger charge is -2.24. The number of pyridine rings is 1. The molecule has 23 heavy (non-hydrogen) atoms. The summed E-state index contributed by atoms with van der Waals surface area (Å²) in [6.07, 6.45) is 7.82. The summed E-state index contributed by atoms with van der Waals surface area (Å²) in [5.74, 6) is 0.562. The van der Waals surface area contributed by atoms with Crippen LogP contribution in [0.3, 0.4) is 0 Å². The summed E-state index contributed by atoms with van der Waals surface area (Å²) < 4.78 is 0. The molecule has 4 nitrogen and oxygen atoms in total. The quantitative estimate of drug-likeness (QED) is 0.881. The molecule has 0 spiro atoms. The van der Waals surface area contributed by atoms with Gasteiger partial charge in [0.25, 0.3) is 5.91 Å². The number of anilines is 2. The molecule has 1 aliphatic carbocycles. The summed E-state index contributed by atoms with van der Waals surface area (Å²) >= 11 is 0. The molecule has 0 atom stereocenters. The van der Waals surface area contributed by atoms with Crippen LogP contribution >= 0.6 is 0 Å². The lowest BCUT2D eigenvalue weighted by atomic mass is 9.95. The Morgan fingerprint density at radius 1 is 1.13 bits per heavy atom. The number of aromatic nitrogens is 1. The van der Waals surface area contributed by atoms with E-state index in [2.05, 4.69) is 15.6 Å². The summed E-state index contributed by atoms with van der Waals surface area (Å²) in [7, 11) is 0. The second-order valence-corrected chi connectivity index (χ2v) is 6.20. The third-order valence-electron chi connectivity index (χ3n) is 4.27. The van der Waals surface area contributed by atoms with Gasteiger partial charge in [0.2, 0.25) is 0 Å². The van der Waals surface area contributed by atoms with E-state index in [1.807, 2.05) is 37.3 Å². The molecule has 1 heterocycles. The Balaban J connectivity index is 1.74. The Hall–Kier alpha value is -2.36. The fraction of sp³-hybridized carbons (Fsp3) is 0.368.